The van der Waals surface area contributed by atoms with E-state index < -0.39 is 0 Å². The van der Waals surface area contributed by atoms with Crippen LogP contribution in [0.5, 0.6) is 0 Å². The number of amides is 1. The van der Waals surface area contributed by atoms with Crippen molar-refractivity contribution >= 4 is 11.7 Å². The minimum absolute atomic E-state index is 0.108. The molecule has 2 aliphatic rings. The number of anilines is 1. The van der Waals surface area contributed by atoms with Crippen LogP contribution < -0.4 is 5.32 Å². The van der Waals surface area contributed by atoms with E-state index in [1.165, 1.54) is 0 Å². The lowest BCUT2D eigenvalue weighted by atomic mass is 9.77. The van der Waals surface area contributed by atoms with Crippen LogP contribution in [0.2, 0.25) is 0 Å². The molecule has 160 valence electrons. The van der Waals surface area contributed by atoms with E-state index in [1.54, 1.807) is 18.7 Å². The van der Waals surface area contributed by atoms with E-state index in [-0.39, 0.29) is 11.3 Å². The SMILES string of the molecule is CCC(=O)N1CCCC2(CCc3c(NCc4ccon4)nc(-c4cccnc4)nc32)C1. The number of aromatic nitrogens is 4. The molecule has 0 saturated carbocycles. The molecule has 31 heavy (non-hydrogen) atoms. The van der Waals surface area contributed by atoms with Gasteiger partial charge in [-0.05, 0) is 37.8 Å². The Morgan fingerprint density at radius 1 is 1.29 bits per heavy atom. The van der Waals surface area contributed by atoms with Gasteiger partial charge < -0.3 is 14.7 Å². The summed E-state index contributed by atoms with van der Waals surface area (Å²) in [6.45, 7) is 4.03. The Kier molecular flexibility index (Phi) is 5.13. The van der Waals surface area contributed by atoms with Crippen molar-refractivity contribution in [2.75, 3.05) is 18.4 Å². The molecule has 3 aromatic rings. The molecule has 1 N–H and O–H groups in total. The number of carbonyl (C=O) groups excluding carboxylic acids is 1. The zero-order valence-electron chi connectivity index (χ0n) is 17.7. The first-order valence-electron chi connectivity index (χ1n) is 10.9. The maximum absolute atomic E-state index is 12.5. The van der Waals surface area contributed by atoms with Crippen LogP contribution >= 0.6 is 0 Å². The van der Waals surface area contributed by atoms with Gasteiger partial charge in [0.05, 0.1) is 12.2 Å². The normalized spacial score (nSPS) is 20.1. The Balaban J connectivity index is 1.55. The highest BCUT2D eigenvalue weighted by Gasteiger charge is 2.45. The number of piperidine rings is 1. The number of fused-ring (bicyclic) bond motifs is 2. The molecule has 4 heterocycles. The number of nitrogens with zero attached hydrogens (tertiary/aromatic N) is 5. The van der Waals surface area contributed by atoms with Gasteiger partial charge in [0.1, 0.15) is 17.8 Å². The molecule has 1 spiro atoms. The molecule has 1 atom stereocenters. The second-order valence-corrected chi connectivity index (χ2v) is 8.36. The molecular weight excluding hydrogens is 392 g/mol. The lowest BCUT2D eigenvalue weighted by molar-refractivity contribution is -0.133. The number of nitrogens with one attached hydrogen (secondary N) is 1. The summed E-state index contributed by atoms with van der Waals surface area (Å²) in [7, 11) is 0. The second kappa shape index (κ2) is 8.09. The summed E-state index contributed by atoms with van der Waals surface area (Å²) in [5.41, 5.74) is 3.83. The average Bonchev–Trinajstić information content (AvgIpc) is 3.46. The van der Waals surface area contributed by atoms with Crippen molar-refractivity contribution in [2.24, 2.45) is 0 Å². The summed E-state index contributed by atoms with van der Waals surface area (Å²) < 4.78 is 4.96. The van der Waals surface area contributed by atoms with Gasteiger partial charge in [-0.25, -0.2) is 9.97 Å². The van der Waals surface area contributed by atoms with E-state index in [9.17, 15) is 4.79 Å². The highest BCUT2D eigenvalue weighted by molar-refractivity contribution is 5.76. The molecule has 1 fully saturated rings. The maximum atomic E-state index is 12.5. The van der Waals surface area contributed by atoms with E-state index in [0.29, 0.717) is 18.8 Å². The summed E-state index contributed by atoms with van der Waals surface area (Å²) in [5, 5.41) is 7.44. The highest BCUT2D eigenvalue weighted by atomic mass is 16.5. The van der Waals surface area contributed by atoms with Gasteiger partial charge in [-0.2, -0.15) is 0 Å². The zero-order chi connectivity index (χ0) is 21.3. The Morgan fingerprint density at radius 2 is 2.23 bits per heavy atom. The van der Waals surface area contributed by atoms with Crippen LogP contribution in [0.3, 0.4) is 0 Å². The number of rotatable bonds is 5. The fourth-order valence-electron chi connectivity index (χ4n) is 4.88. The molecule has 1 saturated heterocycles. The van der Waals surface area contributed by atoms with E-state index in [0.717, 1.165) is 67.1 Å². The summed E-state index contributed by atoms with van der Waals surface area (Å²) in [6, 6.07) is 5.71. The van der Waals surface area contributed by atoms with Gasteiger partial charge in [-0.3, -0.25) is 9.78 Å². The van der Waals surface area contributed by atoms with Gasteiger partial charge in [0.25, 0.3) is 0 Å². The molecule has 1 unspecified atom stereocenters. The summed E-state index contributed by atoms with van der Waals surface area (Å²) in [6.07, 6.45) is 9.57. The van der Waals surface area contributed by atoms with Crippen LogP contribution in [0.4, 0.5) is 5.82 Å². The van der Waals surface area contributed by atoms with E-state index >= 15 is 0 Å². The summed E-state index contributed by atoms with van der Waals surface area (Å²) in [4.78, 5) is 28.7. The average molecular weight is 419 g/mol. The minimum Gasteiger partial charge on any atom is -0.364 e. The lowest BCUT2D eigenvalue weighted by Crippen LogP contribution is -2.47. The first-order chi connectivity index (χ1) is 15.2. The van der Waals surface area contributed by atoms with Gasteiger partial charge in [-0.15, -0.1) is 0 Å². The summed E-state index contributed by atoms with van der Waals surface area (Å²) >= 11 is 0. The Labute approximate surface area is 181 Å². The van der Waals surface area contributed by atoms with Crippen molar-refractivity contribution < 1.29 is 9.32 Å². The largest absolute Gasteiger partial charge is 0.364 e. The van der Waals surface area contributed by atoms with Crippen LogP contribution in [-0.4, -0.2) is 44.0 Å². The standard InChI is InChI=1S/C23H26N6O2/c1-2-19(30)29-11-4-8-23(15-29)9-6-18-20(23)26-21(16-5-3-10-24-13-16)27-22(18)25-14-17-7-12-31-28-17/h3,5,7,10,12-13H,2,4,6,8-9,11,14-15H2,1H3,(H,25,26,27). The molecule has 1 amide bonds. The van der Waals surface area contributed by atoms with Gasteiger partial charge >= 0.3 is 0 Å². The topological polar surface area (TPSA) is 97.0 Å². The fraction of sp³-hybridized carbons (Fsp3) is 0.435. The summed E-state index contributed by atoms with van der Waals surface area (Å²) in [5.74, 6) is 1.72. The molecule has 5 rings (SSSR count). The van der Waals surface area contributed by atoms with Crippen molar-refractivity contribution in [2.45, 2.75) is 51.0 Å². The number of carbonyl (C=O) groups is 1. The molecular formula is C23H26N6O2. The molecule has 0 radical (unpaired) electrons. The molecule has 0 bridgehead atoms. The Bertz CT molecular complexity index is 1070. The van der Waals surface area contributed by atoms with Crippen molar-refractivity contribution in [3.8, 4) is 11.4 Å². The molecule has 0 aromatic carbocycles. The first kappa shape index (κ1) is 19.7. The van der Waals surface area contributed by atoms with Crippen molar-refractivity contribution in [3.63, 3.8) is 0 Å². The quantitative estimate of drug-likeness (QED) is 0.678. The lowest BCUT2D eigenvalue weighted by Gasteiger charge is -2.40. The van der Waals surface area contributed by atoms with E-state index in [4.69, 9.17) is 14.5 Å². The number of pyridine rings is 1. The second-order valence-electron chi connectivity index (χ2n) is 8.36. The molecule has 8 heteroatoms. The van der Waals surface area contributed by atoms with Crippen LogP contribution in [0.15, 0.2) is 41.4 Å². The minimum atomic E-state index is -0.108. The fourth-order valence-corrected chi connectivity index (χ4v) is 4.88. The molecule has 8 nitrogen and oxygen atoms in total. The van der Waals surface area contributed by atoms with Crippen LogP contribution in [0.1, 0.15) is 49.6 Å². The predicted molar refractivity (Wildman–Crippen MR) is 115 cm³/mol. The number of hydrogen-bond donors (Lipinski definition) is 1. The predicted octanol–water partition coefficient (Wildman–Crippen LogP) is 3.36. The highest BCUT2D eigenvalue weighted by Crippen LogP contribution is 2.46. The van der Waals surface area contributed by atoms with E-state index in [2.05, 4.69) is 15.5 Å². The van der Waals surface area contributed by atoms with Crippen LogP contribution in [-0.2, 0) is 23.2 Å². The van der Waals surface area contributed by atoms with Crippen LogP contribution in [0, 0.1) is 0 Å². The zero-order valence-corrected chi connectivity index (χ0v) is 17.7. The molecule has 3 aromatic heterocycles. The van der Waals surface area contributed by atoms with Gasteiger partial charge in [0.15, 0.2) is 5.82 Å². The van der Waals surface area contributed by atoms with Crippen LogP contribution in [0.25, 0.3) is 11.4 Å². The van der Waals surface area contributed by atoms with Crippen molar-refractivity contribution in [1.29, 1.82) is 0 Å². The Hall–Kier alpha value is -3.29. The van der Waals surface area contributed by atoms with Crippen molar-refractivity contribution in [1.82, 2.24) is 25.0 Å². The number of likely N-dealkylation sites (tertiary alicyclic amines) is 1. The molecule has 1 aliphatic heterocycles. The maximum Gasteiger partial charge on any atom is 0.222 e. The number of hydrogen-bond acceptors (Lipinski definition) is 7. The third-order valence-electron chi connectivity index (χ3n) is 6.44. The third-order valence-corrected chi connectivity index (χ3v) is 6.44. The van der Waals surface area contributed by atoms with Gasteiger partial charge in [-0.1, -0.05) is 12.1 Å². The smallest absolute Gasteiger partial charge is 0.222 e. The first-order valence-corrected chi connectivity index (χ1v) is 10.9. The Morgan fingerprint density at radius 3 is 3.00 bits per heavy atom. The molecule has 1 aliphatic carbocycles. The van der Waals surface area contributed by atoms with Crippen molar-refractivity contribution in [3.05, 3.63) is 53.8 Å². The van der Waals surface area contributed by atoms with Gasteiger partial charge in [0.2, 0.25) is 5.91 Å². The van der Waals surface area contributed by atoms with Gasteiger partial charge in [0, 0.05) is 54.5 Å². The third kappa shape index (κ3) is 3.66. The monoisotopic (exact) mass is 418 g/mol. The van der Waals surface area contributed by atoms with E-state index in [1.807, 2.05) is 30.0 Å².